The van der Waals surface area contributed by atoms with Crippen LogP contribution in [0.25, 0.3) is 0 Å². The van der Waals surface area contributed by atoms with E-state index in [0.29, 0.717) is 6.42 Å². The second kappa shape index (κ2) is 13.6. The summed E-state index contributed by atoms with van der Waals surface area (Å²) in [5.41, 5.74) is -0.0673. The van der Waals surface area contributed by atoms with E-state index in [1.54, 1.807) is 0 Å². The summed E-state index contributed by atoms with van der Waals surface area (Å²) in [6.07, 6.45) is 11.2. The molecule has 2 rings (SSSR count). The van der Waals surface area contributed by atoms with Crippen LogP contribution < -0.4 is 4.31 Å². The van der Waals surface area contributed by atoms with Crippen LogP contribution >= 0.6 is 0 Å². The van der Waals surface area contributed by atoms with E-state index in [0.717, 1.165) is 29.6 Å². The molecule has 194 valence electrons. The molecular weight excluding hydrogens is 488 g/mol. The first kappa shape index (κ1) is 28.8. The zero-order valence-corrected chi connectivity index (χ0v) is 22.2. The van der Waals surface area contributed by atoms with Crippen LogP contribution in [0.3, 0.4) is 0 Å². The van der Waals surface area contributed by atoms with E-state index >= 15 is 0 Å². The highest BCUT2D eigenvalue weighted by atomic mass is 32.2. The lowest BCUT2D eigenvalue weighted by molar-refractivity contribution is -0.385. The van der Waals surface area contributed by atoms with Crippen LogP contribution in [0.15, 0.2) is 58.3 Å². The van der Waals surface area contributed by atoms with Gasteiger partial charge in [-0.2, -0.15) is 0 Å². The maximum absolute atomic E-state index is 12.9. The fourth-order valence-electron chi connectivity index (χ4n) is 3.82. The molecular formula is C25H36N2O6S2. The third kappa shape index (κ3) is 8.61. The maximum atomic E-state index is 12.9. The highest BCUT2D eigenvalue weighted by molar-refractivity contribution is 7.92. The van der Waals surface area contributed by atoms with Gasteiger partial charge in [0.15, 0.2) is 9.84 Å². The monoisotopic (exact) mass is 524 g/mol. The molecule has 0 saturated heterocycles. The first-order valence-corrected chi connectivity index (χ1v) is 15.2. The van der Waals surface area contributed by atoms with E-state index in [1.165, 1.54) is 88.0 Å². The van der Waals surface area contributed by atoms with Gasteiger partial charge in [0.1, 0.15) is 0 Å². The molecule has 2 aromatic carbocycles. The summed E-state index contributed by atoms with van der Waals surface area (Å²) < 4.78 is 52.1. The van der Waals surface area contributed by atoms with Crippen molar-refractivity contribution in [1.82, 2.24) is 0 Å². The van der Waals surface area contributed by atoms with Crippen molar-refractivity contribution in [3.63, 3.8) is 0 Å². The molecule has 0 aromatic heterocycles. The summed E-state index contributed by atoms with van der Waals surface area (Å²) in [5.74, 6) is 0.0602. The molecule has 0 aliphatic rings. The summed E-state index contributed by atoms with van der Waals surface area (Å²) in [5, 5.41) is 11.0. The second-order valence-electron chi connectivity index (χ2n) is 8.72. The Labute approximate surface area is 209 Å². The summed E-state index contributed by atoms with van der Waals surface area (Å²) >= 11 is 0. The zero-order valence-electron chi connectivity index (χ0n) is 20.6. The van der Waals surface area contributed by atoms with Crippen molar-refractivity contribution < 1.29 is 21.8 Å². The molecule has 0 spiro atoms. The van der Waals surface area contributed by atoms with Crippen molar-refractivity contribution in [2.45, 2.75) is 80.9 Å². The Morgan fingerprint density at radius 2 is 1.31 bits per heavy atom. The molecule has 10 heteroatoms. The molecule has 0 unspecified atom stereocenters. The van der Waals surface area contributed by atoms with Crippen LogP contribution in [-0.4, -0.2) is 34.6 Å². The molecule has 0 amide bonds. The van der Waals surface area contributed by atoms with Crippen molar-refractivity contribution in [3.05, 3.63) is 58.6 Å². The third-order valence-electron chi connectivity index (χ3n) is 6.01. The lowest BCUT2D eigenvalue weighted by atomic mass is 10.1. The standard InChI is InChI=1S/C25H36N2O6S2/c1-3-4-5-6-7-8-9-10-11-12-20-34(30,31)24-18-16-22(17-19-24)26(2)35(32,33)25-15-13-14-23(21-25)27(28)29/h13-19,21H,3-12,20H2,1-2H3. The van der Waals surface area contributed by atoms with Crippen LogP contribution in [0.5, 0.6) is 0 Å². The Kier molecular flexibility index (Phi) is 11.2. The van der Waals surface area contributed by atoms with Crippen molar-refractivity contribution in [2.75, 3.05) is 17.1 Å². The lowest BCUT2D eigenvalue weighted by Crippen LogP contribution is -2.26. The molecule has 0 aliphatic carbocycles. The van der Waals surface area contributed by atoms with Gasteiger partial charge in [0.25, 0.3) is 15.7 Å². The van der Waals surface area contributed by atoms with E-state index in [4.69, 9.17) is 0 Å². The molecule has 0 atom stereocenters. The molecule has 8 nitrogen and oxygen atoms in total. The Balaban J connectivity index is 1.90. The minimum Gasteiger partial charge on any atom is -0.269 e. The highest BCUT2D eigenvalue weighted by Crippen LogP contribution is 2.26. The van der Waals surface area contributed by atoms with Gasteiger partial charge in [-0.1, -0.05) is 70.8 Å². The molecule has 0 radical (unpaired) electrons. The molecule has 2 aromatic rings. The SMILES string of the molecule is CCCCCCCCCCCCS(=O)(=O)c1ccc(N(C)S(=O)(=O)c2cccc([N+](=O)[O-])c2)cc1. The number of anilines is 1. The average molecular weight is 525 g/mol. The number of hydrogen-bond donors (Lipinski definition) is 0. The smallest absolute Gasteiger partial charge is 0.269 e. The summed E-state index contributed by atoms with van der Waals surface area (Å²) in [6.45, 7) is 2.20. The first-order valence-electron chi connectivity index (χ1n) is 12.2. The number of sulfonamides is 1. The van der Waals surface area contributed by atoms with Crippen molar-refractivity contribution in [3.8, 4) is 0 Å². The molecule has 35 heavy (non-hydrogen) atoms. The van der Waals surface area contributed by atoms with Crippen molar-refractivity contribution >= 4 is 31.2 Å². The van der Waals surface area contributed by atoms with Gasteiger partial charge in [0, 0.05) is 19.2 Å². The molecule has 0 bridgehead atoms. The molecule has 0 saturated carbocycles. The third-order valence-corrected chi connectivity index (χ3v) is 9.61. The van der Waals surface area contributed by atoms with Crippen LogP contribution in [-0.2, 0) is 19.9 Å². The number of nitrogens with zero attached hydrogens (tertiary/aromatic N) is 2. The Morgan fingerprint density at radius 3 is 1.86 bits per heavy atom. The van der Waals surface area contributed by atoms with Gasteiger partial charge in [-0.15, -0.1) is 0 Å². The summed E-state index contributed by atoms with van der Waals surface area (Å²) in [4.78, 5) is 10.3. The average Bonchev–Trinajstić information content (AvgIpc) is 2.84. The molecule has 0 heterocycles. The van der Waals surface area contributed by atoms with Crippen LogP contribution in [0.4, 0.5) is 11.4 Å². The second-order valence-corrected chi connectivity index (χ2v) is 12.8. The van der Waals surface area contributed by atoms with E-state index in [9.17, 15) is 26.9 Å². The van der Waals surface area contributed by atoms with Gasteiger partial charge in [0.05, 0.1) is 26.2 Å². The number of rotatable bonds is 16. The first-order chi connectivity index (χ1) is 16.6. The summed E-state index contributed by atoms with van der Waals surface area (Å²) in [6, 6.07) is 10.5. The number of benzene rings is 2. The predicted molar refractivity (Wildman–Crippen MR) is 139 cm³/mol. The van der Waals surface area contributed by atoms with Gasteiger partial charge in [-0.05, 0) is 36.8 Å². The van der Waals surface area contributed by atoms with Gasteiger partial charge < -0.3 is 0 Å². The van der Waals surface area contributed by atoms with Crippen LogP contribution in [0.1, 0.15) is 71.1 Å². The molecule has 0 N–H and O–H groups in total. The number of hydrogen-bond acceptors (Lipinski definition) is 6. The van der Waals surface area contributed by atoms with Gasteiger partial charge in [-0.3, -0.25) is 14.4 Å². The van der Waals surface area contributed by atoms with Gasteiger partial charge >= 0.3 is 0 Å². The van der Waals surface area contributed by atoms with E-state index in [-0.39, 0.29) is 26.9 Å². The van der Waals surface area contributed by atoms with Crippen molar-refractivity contribution in [2.24, 2.45) is 0 Å². The number of non-ortho nitro benzene ring substituents is 1. The Hall–Kier alpha value is -2.46. The van der Waals surface area contributed by atoms with E-state index in [1.807, 2.05) is 0 Å². The summed E-state index contributed by atoms with van der Waals surface area (Å²) in [7, 11) is -6.18. The number of unbranched alkanes of at least 4 members (excludes halogenated alkanes) is 9. The van der Waals surface area contributed by atoms with Crippen LogP contribution in [0.2, 0.25) is 0 Å². The van der Waals surface area contributed by atoms with E-state index in [2.05, 4.69) is 6.92 Å². The Morgan fingerprint density at radius 1 is 0.771 bits per heavy atom. The number of nitro groups is 1. The highest BCUT2D eigenvalue weighted by Gasteiger charge is 2.24. The van der Waals surface area contributed by atoms with E-state index < -0.39 is 24.8 Å². The number of nitro benzene ring substituents is 1. The molecule has 0 aliphatic heterocycles. The van der Waals surface area contributed by atoms with Gasteiger partial charge in [0.2, 0.25) is 0 Å². The fraction of sp³-hybridized carbons (Fsp3) is 0.520. The molecule has 0 fully saturated rings. The predicted octanol–water partition coefficient (Wildman–Crippen LogP) is 6.11. The minimum atomic E-state index is -4.05. The quantitative estimate of drug-likeness (QED) is 0.149. The Bertz CT molecular complexity index is 1160. The van der Waals surface area contributed by atoms with Gasteiger partial charge in [-0.25, -0.2) is 16.8 Å². The normalized spacial score (nSPS) is 11.9. The maximum Gasteiger partial charge on any atom is 0.270 e. The lowest BCUT2D eigenvalue weighted by Gasteiger charge is -2.19. The largest absolute Gasteiger partial charge is 0.270 e. The zero-order chi connectivity index (χ0) is 25.9. The topological polar surface area (TPSA) is 115 Å². The fourth-order valence-corrected chi connectivity index (χ4v) is 6.42. The van der Waals surface area contributed by atoms with Crippen molar-refractivity contribution in [1.29, 1.82) is 0 Å². The minimum absolute atomic E-state index is 0.0602. The number of sulfone groups is 1. The van der Waals surface area contributed by atoms with Crippen LogP contribution in [0, 0.1) is 10.1 Å².